The number of rotatable bonds is 4. The smallest absolute Gasteiger partial charge is 0.123 e. The van der Waals surface area contributed by atoms with E-state index in [0.29, 0.717) is 6.54 Å². The molecule has 2 heterocycles. The molecule has 0 radical (unpaired) electrons. The SMILES string of the molecule is CC(Br)c1cn(Cc2csc(-c3ccccc3)n2)nn1. The van der Waals surface area contributed by atoms with Gasteiger partial charge in [0.2, 0.25) is 0 Å². The van der Waals surface area contributed by atoms with Crippen LogP contribution in [0.25, 0.3) is 10.6 Å². The fourth-order valence-electron chi connectivity index (χ4n) is 1.83. The number of hydrogen-bond acceptors (Lipinski definition) is 4. The Balaban J connectivity index is 1.77. The van der Waals surface area contributed by atoms with Crippen molar-refractivity contribution in [1.82, 2.24) is 20.0 Å². The minimum atomic E-state index is 0.214. The van der Waals surface area contributed by atoms with Gasteiger partial charge in [0.05, 0.1) is 29.0 Å². The summed E-state index contributed by atoms with van der Waals surface area (Å²) in [7, 11) is 0. The zero-order valence-corrected chi connectivity index (χ0v) is 13.3. The zero-order chi connectivity index (χ0) is 13.9. The molecule has 4 nitrogen and oxygen atoms in total. The molecule has 3 rings (SSSR count). The number of aromatic nitrogens is 4. The molecule has 1 atom stereocenters. The number of nitrogens with zero attached hydrogens (tertiary/aromatic N) is 4. The molecular weight excluding hydrogens is 336 g/mol. The van der Waals surface area contributed by atoms with Gasteiger partial charge in [-0.1, -0.05) is 51.5 Å². The molecule has 3 aromatic rings. The van der Waals surface area contributed by atoms with Crippen molar-refractivity contribution in [2.45, 2.75) is 18.3 Å². The van der Waals surface area contributed by atoms with Gasteiger partial charge in [-0.15, -0.1) is 16.4 Å². The Labute approximate surface area is 129 Å². The molecule has 2 aromatic heterocycles. The highest BCUT2D eigenvalue weighted by Crippen LogP contribution is 2.24. The molecule has 1 unspecified atom stereocenters. The maximum absolute atomic E-state index is 4.65. The first-order valence-corrected chi connectivity index (χ1v) is 8.06. The van der Waals surface area contributed by atoms with E-state index in [4.69, 9.17) is 0 Å². The van der Waals surface area contributed by atoms with Gasteiger partial charge in [-0.2, -0.15) is 0 Å². The van der Waals surface area contributed by atoms with E-state index in [1.807, 2.05) is 36.0 Å². The highest BCUT2D eigenvalue weighted by atomic mass is 79.9. The summed E-state index contributed by atoms with van der Waals surface area (Å²) in [5.74, 6) is 0. The highest BCUT2D eigenvalue weighted by molar-refractivity contribution is 9.09. The van der Waals surface area contributed by atoms with Crippen molar-refractivity contribution in [3.63, 3.8) is 0 Å². The molecule has 0 bridgehead atoms. The lowest BCUT2D eigenvalue weighted by molar-refractivity contribution is 0.641. The van der Waals surface area contributed by atoms with Crippen LogP contribution in [0.15, 0.2) is 41.9 Å². The average molecular weight is 349 g/mol. The molecule has 0 aliphatic heterocycles. The van der Waals surface area contributed by atoms with E-state index in [-0.39, 0.29) is 4.83 Å². The van der Waals surface area contributed by atoms with Gasteiger partial charge in [0.1, 0.15) is 5.01 Å². The van der Waals surface area contributed by atoms with Crippen molar-refractivity contribution in [2.24, 2.45) is 0 Å². The summed E-state index contributed by atoms with van der Waals surface area (Å²) >= 11 is 5.14. The van der Waals surface area contributed by atoms with Gasteiger partial charge >= 0.3 is 0 Å². The van der Waals surface area contributed by atoms with E-state index in [1.165, 1.54) is 0 Å². The molecule has 1 aromatic carbocycles. The molecule has 0 fully saturated rings. The van der Waals surface area contributed by atoms with E-state index in [2.05, 4.69) is 48.7 Å². The lowest BCUT2D eigenvalue weighted by atomic mass is 10.2. The fraction of sp³-hybridized carbons (Fsp3) is 0.214. The molecule has 0 aliphatic rings. The summed E-state index contributed by atoms with van der Waals surface area (Å²) in [6, 6.07) is 10.2. The van der Waals surface area contributed by atoms with Crippen molar-refractivity contribution in [1.29, 1.82) is 0 Å². The number of benzene rings is 1. The lowest BCUT2D eigenvalue weighted by Crippen LogP contribution is -2.00. The van der Waals surface area contributed by atoms with Crippen molar-refractivity contribution in [2.75, 3.05) is 0 Å². The third-order valence-electron chi connectivity index (χ3n) is 2.86. The first-order chi connectivity index (χ1) is 9.72. The fourth-order valence-corrected chi connectivity index (χ4v) is 2.86. The molecule has 0 spiro atoms. The summed E-state index contributed by atoms with van der Waals surface area (Å²) in [5.41, 5.74) is 3.09. The second-order valence-corrected chi connectivity index (χ2v) is 6.70. The Bertz CT molecular complexity index is 690. The van der Waals surface area contributed by atoms with Crippen LogP contribution < -0.4 is 0 Å². The second-order valence-electron chi connectivity index (χ2n) is 4.47. The minimum Gasteiger partial charge on any atom is -0.246 e. The molecule has 0 saturated carbocycles. The van der Waals surface area contributed by atoms with Gasteiger partial charge in [-0.3, -0.25) is 0 Å². The maximum Gasteiger partial charge on any atom is 0.123 e. The Morgan fingerprint density at radius 1 is 1.30 bits per heavy atom. The molecule has 0 N–H and O–H groups in total. The molecule has 0 aliphatic carbocycles. The molecule has 6 heteroatoms. The van der Waals surface area contributed by atoms with Gasteiger partial charge < -0.3 is 0 Å². The zero-order valence-electron chi connectivity index (χ0n) is 10.9. The second kappa shape index (κ2) is 5.85. The van der Waals surface area contributed by atoms with Crippen LogP contribution in [0.3, 0.4) is 0 Å². The summed E-state index contributed by atoms with van der Waals surface area (Å²) in [6.07, 6.45) is 1.95. The molecular formula is C14H13BrN4S. The number of hydrogen-bond donors (Lipinski definition) is 0. The standard InChI is InChI=1S/C14H13BrN4S/c1-10(15)13-8-19(18-17-13)7-12-9-20-14(16-12)11-5-3-2-4-6-11/h2-6,8-10H,7H2,1H3. The average Bonchev–Trinajstić information content (AvgIpc) is 3.10. The first-order valence-electron chi connectivity index (χ1n) is 6.26. The molecule has 20 heavy (non-hydrogen) atoms. The topological polar surface area (TPSA) is 43.6 Å². The predicted molar refractivity (Wildman–Crippen MR) is 84.0 cm³/mol. The van der Waals surface area contributed by atoms with Crippen LogP contribution >= 0.6 is 27.3 Å². The normalized spacial score (nSPS) is 12.5. The van der Waals surface area contributed by atoms with Gasteiger partial charge in [-0.25, -0.2) is 9.67 Å². The predicted octanol–water partition coefficient (Wildman–Crippen LogP) is 3.91. The van der Waals surface area contributed by atoms with Crippen LogP contribution in [0, 0.1) is 0 Å². The van der Waals surface area contributed by atoms with Crippen molar-refractivity contribution in [3.05, 3.63) is 53.3 Å². The van der Waals surface area contributed by atoms with Crippen LogP contribution in [0.1, 0.15) is 23.1 Å². The van der Waals surface area contributed by atoms with E-state index in [9.17, 15) is 0 Å². The van der Waals surface area contributed by atoms with Gasteiger partial charge in [0.15, 0.2) is 0 Å². The Hall–Kier alpha value is -1.53. The summed E-state index contributed by atoms with van der Waals surface area (Å²) in [6.45, 7) is 2.68. The third kappa shape index (κ3) is 2.96. The Morgan fingerprint density at radius 3 is 2.80 bits per heavy atom. The van der Waals surface area contributed by atoms with Crippen LogP contribution in [-0.4, -0.2) is 20.0 Å². The highest BCUT2D eigenvalue weighted by Gasteiger charge is 2.09. The van der Waals surface area contributed by atoms with E-state index in [1.54, 1.807) is 11.3 Å². The number of halogens is 1. The van der Waals surface area contributed by atoms with Crippen molar-refractivity contribution in [3.8, 4) is 10.6 Å². The first kappa shape index (κ1) is 13.5. The van der Waals surface area contributed by atoms with Crippen LogP contribution in [0.4, 0.5) is 0 Å². The quantitative estimate of drug-likeness (QED) is 0.671. The summed E-state index contributed by atoms with van der Waals surface area (Å²) < 4.78 is 1.82. The van der Waals surface area contributed by atoms with Gasteiger partial charge in [0.25, 0.3) is 0 Å². The van der Waals surface area contributed by atoms with Crippen LogP contribution in [-0.2, 0) is 6.54 Å². The number of thiazole rings is 1. The largest absolute Gasteiger partial charge is 0.246 e. The summed E-state index contributed by atoms with van der Waals surface area (Å²) in [5, 5.41) is 11.3. The third-order valence-corrected chi connectivity index (χ3v) is 4.27. The molecule has 0 saturated heterocycles. The number of alkyl halides is 1. The van der Waals surface area contributed by atoms with E-state index in [0.717, 1.165) is 22.0 Å². The van der Waals surface area contributed by atoms with Gasteiger partial charge in [0, 0.05) is 10.9 Å². The van der Waals surface area contributed by atoms with Gasteiger partial charge in [-0.05, 0) is 6.92 Å². The minimum absolute atomic E-state index is 0.214. The Kier molecular flexibility index (Phi) is 3.93. The molecule has 102 valence electrons. The maximum atomic E-state index is 4.65. The van der Waals surface area contributed by atoms with E-state index >= 15 is 0 Å². The monoisotopic (exact) mass is 348 g/mol. The lowest BCUT2D eigenvalue weighted by Gasteiger charge is -1.97. The van der Waals surface area contributed by atoms with Crippen molar-refractivity contribution >= 4 is 27.3 Å². The Morgan fingerprint density at radius 2 is 2.10 bits per heavy atom. The van der Waals surface area contributed by atoms with Crippen LogP contribution in [0.5, 0.6) is 0 Å². The van der Waals surface area contributed by atoms with E-state index < -0.39 is 0 Å². The van der Waals surface area contributed by atoms with Crippen LogP contribution in [0.2, 0.25) is 0 Å². The summed E-state index contributed by atoms with van der Waals surface area (Å²) in [4.78, 5) is 4.86. The molecule has 0 amide bonds. The van der Waals surface area contributed by atoms with Crippen molar-refractivity contribution < 1.29 is 0 Å².